The Morgan fingerprint density at radius 3 is 0.537 bits per heavy atom. The van der Waals surface area contributed by atoms with Crippen molar-refractivity contribution < 1.29 is 366 Å². The third-order valence-corrected chi connectivity index (χ3v) is 62.2. The van der Waals surface area contributed by atoms with Crippen molar-refractivity contribution in [1.82, 2.24) is 0 Å². The quantitative estimate of drug-likeness (QED) is 0.0640. The largest absolute Gasteiger partial charge is 3.00 e. The van der Waals surface area contributed by atoms with E-state index in [1.807, 2.05) is 0 Å². The maximum Gasteiger partial charge on any atom is 3.00 e. The Morgan fingerprint density at radius 2 is 0.389 bits per heavy atom. The molecule has 0 amide bonds. The van der Waals surface area contributed by atoms with Crippen molar-refractivity contribution in [2.75, 3.05) is 0 Å². The van der Waals surface area contributed by atoms with Gasteiger partial charge in [0, 0.05) is 0 Å². The zero-order valence-corrected chi connectivity index (χ0v) is 49.3. The van der Waals surface area contributed by atoms with Gasteiger partial charge in [-0.3, -0.25) is 0 Å². The summed E-state index contributed by atoms with van der Waals surface area (Å²) < 4.78 is 351. The van der Waals surface area contributed by atoms with Crippen molar-refractivity contribution in [1.29, 1.82) is 0 Å². The Labute approximate surface area is 366 Å². The molecule has 0 spiro atoms. The van der Waals surface area contributed by atoms with Gasteiger partial charge in [-0.15, -0.1) is 0 Å². The molecule has 325 valence electrons. The third-order valence-electron chi connectivity index (χ3n) is 2.05. The monoisotopic (exact) mass is 2000 g/mol. The van der Waals surface area contributed by atoms with Crippen molar-refractivity contribution in [3.8, 4) is 0 Å². The summed E-state index contributed by atoms with van der Waals surface area (Å²) in [5, 5.41) is 0. The van der Waals surface area contributed by atoms with Crippen LogP contribution >= 0.6 is 7.82 Å². The van der Waals surface area contributed by atoms with Crippen molar-refractivity contribution >= 4 is 7.82 Å². The van der Waals surface area contributed by atoms with Crippen LogP contribution in [0.5, 0.6) is 0 Å². The molecule has 0 aliphatic heterocycles. The van der Waals surface area contributed by atoms with Crippen LogP contribution in [0.3, 0.4) is 0 Å². The van der Waals surface area contributed by atoms with Gasteiger partial charge in [-0.1, -0.05) is 0 Å². The van der Waals surface area contributed by atoms with Crippen LogP contribution in [0.25, 0.3) is 0 Å². The van der Waals surface area contributed by atoms with Crippen LogP contribution in [0.1, 0.15) is 0 Å². The van der Waals surface area contributed by atoms with Gasteiger partial charge in [-0.25, -0.2) is 0 Å². The minimum atomic E-state index is -8.82. The Bertz CT molecular complexity index is 2510. The molecule has 0 aliphatic carbocycles. The first-order valence-corrected chi connectivity index (χ1v) is 49.5. The van der Waals surface area contributed by atoms with E-state index in [9.17, 15) is 97.4 Å². The predicted octanol–water partition coefficient (Wildman–Crippen LogP) is -6.53. The molecular weight excluding hydrogens is 1980 g/mol. The number of hydrogen-bond acceptors (Lipinski definition) is 40. The zero-order valence-electron chi connectivity index (χ0n) is 22.0. The Hall–Kier alpha value is 4.41. The molecule has 0 aromatic carbocycles. The summed E-state index contributed by atoms with van der Waals surface area (Å²) in [6, 6.07) is 0. The zero-order chi connectivity index (χ0) is 43.0. The van der Waals surface area contributed by atoms with Crippen molar-refractivity contribution in [3.05, 3.63) is 0 Å². The predicted molar refractivity (Wildman–Crippen MR) is 37.1 cm³/mol. The smallest absolute Gasteiger partial charge is 3.00 e. The van der Waals surface area contributed by atoms with Crippen molar-refractivity contribution in [3.63, 3.8) is 0 Å². The molecule has 0 heterocycles. The summed E-state index contributed by atoms with van der Waals surface area (Å²) in [6.45, 7) is 0. The molecule has 0 N–H and O–H groups in total. The van der Waals surface area contributed by atoms with Gasteiger partial charge in [0.15, 0.2) is 0 Å². The first-order valence-electron chi connectivity index (χ1n) is 8.73. The SMILES string of the molecule is O=P([O][Mo](=[O])(=[O])[O][Mo](=[O])(=[O])[O][Mo](=[O])(=[O])[O][Mo](=[O])(=[O])[O-])([O][Mo](=[O])(=[O])[O][Mo](=[O])(=[O])[O][Mo](=[O])(=[O])[O][Mo](=[O])(=[O])[O-])[O][Mo](=[O])(=[O])[O][Mo](=[O])(=[O])[O][Mo](=[O])(=[O])[O][Mo](=[O])(=[O])[O-].[Gd+3]. The van der Waals surface area contributed by atoms with Gasteiger partial charge < -0.3 is 0 Å². The van der Waals surface area contributed by atoms with E-state index in [0.29, 0.717) is 0 Å². The van der Waals surface area contributed by atoms with Crippen molar-refractivity contribution in [2.45, 2.75) is 0 Å². The van der Waals surface area contributed by atoms with E-state index in [1.165, 1.54) is 0 Å². The summed E-state index contributed by atoms with van der Waals surface area (Å²) >= 11 is -98.5. The van der Waals surface area contributed by atoms with Gasteiger partial charge in [0.25, 0.3) is 0 Å². The van der Waals surface area contributed by atoms with E-state index in [1.54, 1.807) is 0 Å². The molecule has 0 fully saturated rings. The minimum absolute atomic E-state index is 0. The van der Waals surface area contributed by atoms with Crippen LogP contribution in [-0.2, 0) is 315 Å². The van der Waals surface area contributed by atoms with Gasteiger partial charge >= 0.3 is 374 Å². The fraction of sp³-hybridized carbons (Fsp3) is 0. The maximum absolute atomic E-state index is 12.7. The average molecular weight is 1980 g/mol. The number of phosphoric acid groups is 1. The molecule has 0 saturated carbocycles. The second-order valence-electron chi connectivity index (χ2n) is 6.18. The Morgan fingerprint density at radius 1 is 0.259 bits per heavy atom. The van der Waals surface area contributed by atoms with Gasteiger partial charge in [-0.05, 0) is 0 Å². The second-order valence-corrected chi connectivity index (χ2v) is 55.7. The van der Waals surface area contributed by atoms with E-state index in [-0.39, 0.29) is 39.9 Å². The summed E-state index contributed by atoms with van der Waals surface area (Å²) in [5.41, 5.74) is 0. The molecule has 0 bridgehead atoms. The molecule has 0 rings (SSSR count). The molecule has 0 atom stereocenters. The average Bonchev–Trinajstić information content (AvgIpc) is 2.58. The topological polar surface area (TPSA) is 607 Å². The standard InChI is InChI=1S/Gd.12Mo.H3O4P.36O/c;;;;;;;;;;;;;1-5(2,3)4;;;;;;;;;;;;;;;;;;;;;;;;;;;;;;;;;;;;/h;;;;;;;;;;;;;(H3,1,2,3,4);;;;;;;;;;;;;;;;;;;;;;;;;;;;;;;;;;;;/q+3;;;;;;;;;;3*+1;;;;;;;;;;;;;;;;;;;;;;;;;;;;;;;;;;;3*-1/p-3. The molecule has 0 saturated heterocycles. The van der Waals surface area contributed by atoms with Gasteiger partial charge in [0.1, 0.15) is 0 Å². The van der Waals surface area contributed by atoms with Crippen LogP contribution in [0, 0.1) is 39.9 Å². The van der Waals surface area contributed by atoms with Gasteiger partial charge in [0.2, 0.25) is 0 Å². The normalized spacial score (nSPS) is 15.3. The van der Waals surface area contributed by atoms with E-state index in [4.69, 9.17) is 0 Å². The van der Waals surface area contributed by atoms with Crippen LogP contribution in [0.4, 0.5) is 0 Å². The van der Waals surface area contributed by atoms with Gasteiger partial charge in [-0.2, -0.15) is 0 Å². The second kappa shape index (κ2) is 20.5. The molecular formula is GdMo12O40P. The minimum Gasteiger partial charge on any atom is 3.00 e. The fourth-order valence-electron chi connectivity index (χ4n) is 1.40. The summed E-state index contributed by atoms with van der Waals surface area (Å²) in [6.07, 6.45) is 0. The Kier molecular flexibility index (Phi) is 23.0. The molecule has 0 aromatic rings. The van der Waals surface area contributed by atoms with E-state index in [2.05, 4.69) is 27.9 Å². The van der Waals surface area contributed by atoms with Crippen molar-refractivity contribution in [2.24, 2.45) is 0 Å². The Balaban J connectivity index is 0. The van der Waals surface area contributed by atoms with Crippen LogP contribution in [0.2, 0.25) is 0 Å². The summed E-state index contributed by atoms with van der Waals surface area (Å²) in [7, 11) is -7.94. The van der Waals surface area contributed by atoms with E-state index in [0.717, 1.165) is 0 Å². The first-order chi connectivity index (χ1) is 22.5. The number of hydrogen-bond donors (Lipinski definition) is 0. The summed E-state index contributed by atoms with van der Waals surface area (Å²) in [5.74, 6) is 0. The molecule has 54 heteroatoms. The molecule has 0 unspecified atom stereocenters. The molecule has 0 aliphatic rings. The third kappa shape index (κ3) is 29.7. The maximum atomic E-state index is 12.7. The molecule has 1 radical (unpaired) electrons. The number of rotatable bonds is 24. The van der Waals surface area contributed by atoms with Crippen LogP contribution in [0.15, 0.2) is 0 Å². The van der Waals surface area contributed by atoms with Crippen LogP contribution < -0.4 is 11.3 Å². The van der Waals surface area contributed by atoms with Crippen LogP contribution in [-0.4, -0.2) is 0 Å². The fourth-order valence-corrected chi connectivity index (χ4v) is 60.0. The molecule has 0 aromatic heterocycles. The van der Waals surface area contributed by atoms with E-state index < -0.39 is 209 Å². The molecule has 40 nitrogen and oxygen atoms in total. The summed E-state index contributed by atoms with van der Waals surface area (Å²) in [4.78, 5) is 0. The van der Waals surface area contributed by atoms with E-state index >= 15 is 0 Å². The molecule has 54 heavy (non-hydrogen) atoms. The first kappa shape index (κ1) is 60.5. The van der Waals surface area contributed by atoms with Gasteiger partial charge in [0.05, 0.1) is 0 Å².